The van der Waals surface area contributed by atoms with E-state index in [4.69, 9.17) is 4.74 Å². The molecule has 2 rings (SSSR count). The zero-order valence-electron chi connectivity index (χ0n) is 14.3. The van der Waals surface area contributed by atoms with Gasteiger partial charge in [0.15, 0.2) is 0 Å². The van der Waals surface area contributed by atoms with Crippen LogP contribution in [-0.4, -0.2) is 77.1 Å². The number of aliphatic hydroxyl groups excluding tert-OH is 1. The highest BCUT2D eigenvalue weighted by Crippen LogP contribution is 2.23. The van der Waals surface area contributed by atoms with Gasteiger partial charge in [-0.3, -0.25) is 0 Å². The van der Waals surface area contributed by atoms with Gasteiger partial charge in [-0.25, -0.2) is 16.8 Å². The van der Waals surface area contributed by atoms with E-state index in [1.165, 1.54) is 42.7 Å². The third-order valence-electron chi connectivity index (χ3n) is 4.06. The number of likely N-dealkylation sites (N-methyl/N-ethyl adjacent to an activating group) is 1. The minimum atomic E-state index is -3.82. The Kier molecular flexibility index (Phi) is 6.57. The first-order chi connectivity index (χ1) is 11.7. The van der Waals surface area contributed by atoms with E-state index in [0.717, 1.165) is 17.1 Å². The lowest BCUT2D eigenvalue weighted by molar-refractivity contribution is 0.0554. The van der Waals surface area contributed by atoms with Gasteiger partial charge in [-0.1, -0.05) is 0 Å². The lowest BCUT2D eigenvalue weighted by atomic mass is 10.4. The third-order valence-corrected chi connectivity index (χ3v) is 7.81. The second-order valence-electron chi connectivity index (χ2n) is 5.98. The van der Waals surface area contributed by atoms with Crippen LogP contribution in [0.3, 0.4) is 0 Å². The lowest BCUT2D eigenvalue weighted by Gasteiger charge is -2.20. The summed E-state index contributed by atoms with van der Waals surface area (Å²) in [4.78, 5) is 0.0513. The van der Waals surface area contributed by atoms with E-state index >= 15 is 0 Å². The average Bonchev–Trinajstić information content (AvgIpc) is 3.10. The molecule has 142 valence electrons. The van der Waals surface area contributed by atoms with Crippen LogP contribution >= 0.6 is 0 Å². The molecule has 0 saturated carbocycles. The van der Waals surface area contributed by atoms with Gasteiger partial charge in [0, 0.05) is 33.8 Å². The Morgan fingerprint density at radius 3 is 2.16 bits per heavy atom. The summed E-state index contributed by atoms with van der Waals surface area (Å²) in [6.45, 7) is 0.877. The van der Waals surface area contributed by atoms with Crippen molar-refractivity contribution in [1.82, 2.24) is 8.61 Å². The molecule has 0 aromatic heterocycles. The number of ether oxygens (including phenoxy) is 1. The van der Waals surface area contributed by atoms with Crippen LogP contribution < -0.4 is 0 Å². The molecule has 0 aliphatic carbocycles. The van der Waals surface area contributed by atoms with E-state index in [1.807, 2.05) is 0 Å². The number of methoxy groups -OCH3 is 1. The van der Waals surface area contributed by atoms with Gasteiger partial charge in [0.2, 0.25) is 20.0 Å². The normalized spacial score (nSPS) is 17.9. The zero-order chi connectivity index (χ0) is 18.7. The van der Waals surface area contributed by atoms with Crippen LogP contribution in [0.5, 0.6) is 0 Å². The summed E-state index contributed by atoms with van der Waals surface area (Å²) in [6.07, 6.45) is 0.722. The number of aliphatic hydroxyl groups is 1. The first-order valence-electron chi connectivity index (χ1n) is 7.93. The minimum Gasteiger partial charge on any atom is -0.389 e. The Bertz CT molecular complexity index is 771. The molecule has 8 nitrogen and oxygen atoms in total. The van der Waals surface area contributed by atoms with Gasteiger partial charge < -0.3 is 9.84 Å². The van der Waals surface area contributed by atoms with Crippen molar-refractivity contribution < 1.29 is 26.7 Å². The highest BCUT2D eigenvalue weighted by molar-refractivity contribution is 7.89. The van der Waals surface area contributed by atoms with Gasteiger partial charge >= 0.3 is 0 Å². The standard InChI is InChI=1S/C15H24N2O6S2/c1-16(11-13(18)12-23-2)24(19,20)14-5-7-15(8-6-14)25(21,22)17-9-3-4-10-17/h5-8,13,18H,3-4,9-12H2,1-2H3. The molecule has 10 heteroatoms. The highest BCUT2D eigenvalue weighted by atomic mass is 32.2. The number of hydrogen-bond acceptors (Lipinski definition) is 6. The van der Waals surface area contributed by atoms with Crippen molar-refractivity contribution >= 4 is 20.0 Å². The monoisotopic (exact) mass is 392 g/mol. The molecule has 1 aromatic carbocycles. The van der Waals surface area contributed by atoms with Crippen LogP contribution in [0.15, 0.2) is 34.1 Å². The number of benzene rings is 1. The van der Waals surface area contributed by atoms with Crippen LogP contribution in [0.25, 0.3) is 0 Å². The molecule has 1 unspecified atom stereocenters. The van der Waals surface area contributed by atoms with Gasteiger partial charge in [0.25, 0.3) is 0 Å². The molecule has 1 fully saturated rings. The SMILES string of the molecule is COCC(O)CN(C)S(=O)(=O)c1ccc(S(=O)(=O)N2CCCC2)cc1. The molecule has 1 N–H and O–H groups in total. The average molecular weight is 392 g/mol. The second kappa shape index (κ2) is 8.11. The maximum atomic E-state index is 12.5. The van der Waals surface area contributed by atoms with Gasteiger partial charge in [0.1, 0.15) is 0 Å². The summed E-state index contributed by atoms with van der Waals surface area (Å²) in [6, 6.07) is 5.16. The number of rotatable bonds is 8. The first-order valence-corrected chi connectivity index (χ1v) is 10.8. The molecule has 1 heterocycles. The molecular formula is C15H24N2O6S2. The minimum absolute atomic E-state index is 0.0207. The molecule has 1 aliphatic heterocycles. The van der Waals surface area contributed by atoms with Gasteiger partial charge in [0.05, 0.1) is 22.5 Å². The molecule has 1 aliphatic rings. The molecular weight excluding hydrogens is 368 g/mol. The maximum Gasteiger partial charge on any atom is 0.243 e. The van der Waals surface area contributed by atoms with E-state index < -0.39 is 26.2 Å². The van der Waals surface area contributed by atoms with Crippen molar-refractivity contribution in [2.45, 2.75) is 28.7 Å². The van der Waals surface area contributed by atoms with E-state index in [9.17, 15) is 21.9 Å². The summed E-state index contributed by atoms with van der Waals surface area (Å²) in [5.74, 6) is 0. The summed E-state index contributed by atoms with van der Waals surface area (Å²) < 4.78 is 57.1. The smallest absolute Gasteiger partial charge is 0.243 e. The zero-order valence-corrected chi connectivity index (χ0v) is 16.0. The van der Waals surface area contributed by atoms with Crippen LogP contribution in [0, 0.1) is 0 Å². The van der Waals surface area contributed by atoms with Crippen molar-refractivity contribution in [3.05, 3.63) is 24.3 Å². The third kappa shape index (κ3) is 4.57. The fourth-order valence-corrected chi connectivity index (χ4v) is 5.41. The number of hydrogen-bond donors (Lipinski definition) is 1. The van der Waals surface area contributed by atoms with Crippen LogP contribution in [0.1, 0.15) is 12.8 Å². The molecule has 1 saturated heterocycles. The van der Waals surface area contributed by atoms with E-state index in [1.54, 1.807) is 0 Å². The Labute approximate surface area is 149 Å². The Hall–Kier alpha value is -1.04. The molecule has 0 bridgehead atoms. The number of nitrogens with zero attached hydrogens (tertiary/aromatic N) is 2. The van der Waals surface area contributed by atoms with E-state index in [0.29, 0.717) is 13.1 Å². The Morgan fingerprint density at radius 2 is 1.64 bits per heavy atom. The fraction of sp³-hybridized carbons (Fsp3) is 0.600. The Morgan fingerprint density at radius 1 is 1.12 bits per heavy atom. The van der Waals surface area contributed by atoms with E-state index in [2.05, 4.69) is 0 Å². The summed E-state index contributed by atoms with van der Waals surface area (Å²) >= 11 is 0. The predicted molar refractivity (Wildman–Crippen MR) is 92.1 cm³/mol. The summed E-state index contributed by atoms with van der Waals surface area (Å²) in [7, 11) is -4.64. The van der Waals surface area contributed by atoms with Gasteiger partial charge in [-0.05, 0) is 37.1 Å². The first kappa shape index (κ1) is 20.3. The largest absolute Gasteiger partial charge is 0.389 e. The lowest BCUT2D eigenvalue weighted by Crippen LogP contribution is -2.36. The van der Waals surface area contributed by atoms with Gasteiger partial charge in [-0.15, -0.1) is 0 Å². The fourth-order valence-electron chi connectivity index (χ4n) is 2.68. The topological polar surface area (TPSA) is 104 Å². The van der Waals surface area contributed by atoms with E-state index in [-0.39, 0.29) is 22.9 Å². The van der Waals surface area contributed by atoms with Crippen molar-refractivity contribution in [2.75, 3.05) is 40.4 Å². The maximum absolute atomic E-state index is 12.5. The number of sulfonamides is 2. The molecule has 25 heavy (non-hydrogen) atoms. The molecule has 1 aromatic rings. The molecule has 0 spiro atoms. The van der Waals surface area contributed by atoms with Gasteiger partial charge in [-0.2, -0.15) is 8.61 Å². The Balaban J connectivity index is 2.18. The van der Waals surface area contributed by atoms with Crippen LogP contribution in [0.2, 0.25) is 0 Å². The summed E-state index contributed by atoms with van der Waals surface area (Å²) in [5, 5.41) is 9.69. The molecule has 0 radical (unpaired) electrons. The van der Waals surface area contributed by atoms with Crippen molar-refractivity contribution in [3.63, 3.8) is 0 Å². The quantitative estimate of drug-likeness (QED) is 0.673. The molecule has 1 atom stereocenters. The van der Waals surface area contributed by atoms with Crippen molar-refractivity contribution in [3.8, 4) is 0 Å². The highest BCUT2D eigenvalue weighted by Gasteiger charge is 2.28. The van der Waals surface area contributed by atoms with Crippen molar-refractivity contribution in [1.29, 1.82) is 0 Å². The summed E-state index contributed by atoms with van der Waals surface area (Å²) in [5.41, 5.74) is 0. The van der Waals surface area contributed by atoms with Crippen LogP contribution in [-0.2, 0) is 24.8 Å². The van der Waals surface area contributed by atoms with Crippen molar-refractivity contribution in [2.24, 2.45) is 0 Å². The second-order valence-corrected chi connectivity index (χ2v) is 9.96. The molecule has 0 amide bonds. The predicted octanol–water partition coefficient (Wildman–Crippen LogP) is 0.0989. The van der Waals surface area contributed by atoms with Crippen LogP contribution in [0.4, 0.5) is 0 Å².